The lowest BCUT2D eigenvalue weighted by atomic mass is 9.95. The van der Waals surface area contributed by atoms with Crippen molar-refractivity contribution in [2.75, 3.05) is 6.54 Å². The minimum atomic E-state index is 0.398. The van der Waals surface area contributed by atoms with Gasteiger partial charge in [0, 0.05) is 29.9 Å². The molecule has 0 bridgehead atoms. The van der Waals surface area contributed by atoms with Crippen LogP contribution in [-0.4, -0.2) is 38.0 Å². The molecule has 1 atom stereocenters. The third-order valence-electron chi connectivity index (χ3n) is 5.10. The molecule has 0 aliphatic heterocycles. The Morgan fingerprint density at radius 1 is 1.33 bits per heavy atom. The lowest BCUT2D eigenvalue weighted by Crippen LogP contribution is -2.19. The van der Waals surface area contributed by atoms with E-state index in [1.54, 1.807) is 6.33 Å². The van der Waals surface area contributed by atoms with Crippen LogP contribution in [-0.2, 0) is 0 Å². The van der Waals surface area contributed by atoms with E-state index in [1.165, 1.54) is 25.7 Å². The number of rotatable bonds is 6. The lowest BCUT2D eigenvalue weighted by Gasteiger charge is -2.23. The van der Waals surface area contributed by atoms with Gasteiger partial charge in [-0.15, -0.1) is 0 Å². The van der Waals surface area contributed by atoms with Gasteiger partial charge < -0.3 is 9.98 Å². The zero-order valence-electron chi connectivity index (χ0n) is 13.7. The van der Waals surface area contributed by atoms with Crippen LogP contribution in [0.2, 0.25) is 0 Å². The quantitative estimate of drug-likeness (QED) is 0.704. The van der Waals surface area contributed by atoms with E-state index in [4.69, 9.17) is 0 Å². The summed E-state index contributed by atoms with van der Waals surface area (Å²) >= 11 is 0. The van der Waals surface area contributed by atoms with Crippen molar-refractivity contribution in [3.05, 3.63) is 31.0 Å². The van der Waals surface area contributed by atoms with E-state index in [9.17, 15) is 0 Å². The first kappa shape index (κ1) is 15.1. The van der Waals surface area contributed by atoms with Crippen LogP contribution in [0, 0.1) is 5.92 Å². The third kappa shape index (κ3) is 2.72. The summed E-state index contributed by atoms with van der Waals surface area (Å²) < 4.78 is 2.12. The van der Waals surface area contributed by atoms with Crippen molar-refractivity contribution in [2.24, 2.45) is 10.9 Å². The largest absolute Gasteiger partial charge is 0.346 e. The van der Waals surface area contributed by atoms with Crippen molar-refractivity contribution in [3.8, 4) is 11.3 Å². The van der Waals surface area contributed by atoms with Gasteiger partial charge in [0.1, 0.15) is 12.0 Å². The van der Waals surface area contributed by atoms with Crippen molar-refractivity contribution >= 4 is 17.8 Å². The lowest BCUT2D eigenvalue weighted by molar-refractivity contribution is 0.296. The summed E-state index contributed by atoms with van der Waals surface area (Å²) in [4.78, 5) is 15.9. The molecule has 6 heteroatoms. The first-order chi connectivity index (χ1) is 11.9. The minimum absolute atomic E-state index is 0.398. The van der Waals surface area contributed by atoms with E-state index in [0.29, 0.717) is 12.0 Å². The molecule has 0 radical (unpaired) electrons. The molecule has 4 rings (SSSR count). The highest BCUT2D eigenvalue weighted by Crippen LogP contribution is 2.36. The van der Waals surface area contributed by atoms with Gasteiger partial charge in [0.25, 0.3) is 0 Å². The van der Waals surface area contributed by atoms with Crippen LogP contribution in [0.4, 0.5) is 0 Å². The number of aromatic nitrogens is 5. The van der Waals surface area contributed by atoms with Crippen LogP contribution < -0.4 is 0 Å². The normalized spacial score (nSPS) is 16.7. The molecule has 0 aromatic carbocycles. The predicted octanol–water partition coefficient (Wildman–Crippen LogP) is 3.64. The summed E-state index contributed by atoms with van der Waals surface area (Å²) in [5.41, 5.74) is 2.83. The molecule has 3 heterocycles. The van der Waals surface area contributed by atoms with E-state index in [-0.39, 0.29) is 0 Å². The highest BCUT2D eigenvalue weighted by molar-refractivity contribution is 5.89. The maximum Gasteiger partial charge on any atom is 0.141 e. The predicted molar refractivity (Wildman–Crippen MR) is 95.1 cm³/mol. The van der Waals surface area contributed by atoms with Crippen molar-refractivity contribution in [1.29, 1.82) is 0 Å². The zero-order valence-corrected chi connectivity index (χ0v) is 13.7. The van der Waals surface area contributed by atoms with Gasteiger partial charge in [-0.3, -0.25) is 4.68 Å². The van der Waals surface area contributed by atoms with Crippen molar-refractivity contribution < 1.29 is 0 Å². The molecule has 1 N–H and O–H groups in total. The third-order valence-corrected chi connectivity index (χ3v) is 5.10. The number of hydrogen-bond acceptors (Lipinski definition) is 4. The van der Waals surface area contributed by atoms with Crippen LogP contribution in [0.25, 0.3) is 22.3 Å². The zero-order chi connectivity index (χ0) is 16.4. The summed E-state index contributed by atoms with van der Waals surface area (Å²) in [5.74, 6) is 0.692. The Bertz CT molecular complexity index is 827. The highest BCUT2D eigenvalue weighted by atomic mass is 15.3. The van der Waals surface area contributed by atoms with Gasteiger partial charge in [-0.05, 0) is 38.0 Å². The number of nitrogens with zero attached hydrogens (tertiary/aromatic N) is 5. The van der Waals surface area contributed by atoms with Crippen LogP contribution in [0.1, 0.15) is 38.1 Å². The molecule has 0 saturated heterocycles. The highest BCUT2D eigenvalue weighted by Gasteiger charge is 2.27. The summed E-state index contributed by atoms with van der Waals surface area (Å²) in [6.07, 6.45) is 13.8. The van der Waals surface area contributed by atoms with Crippen LogP contribution in [0.3, 0.4) is 0 Å². The SMILES string of the molecule is C=NCC[C@H](C1CCCC1)n1cc(-c2ncnc3[nH]ccc23)cn1. The molecule has 1 aliphatic rings. The van der Waals surface area contributed by atoms with Crippen LogP contribution >= 0.6 is 0 Å². The maximum absolute atomic E-state index is 4.67. The molecule has 1 saturated carbocycles. The van der Waals surface area contributed by atoms with Gasteiger partial charge in [-0.1, -0.05) is 12.8 Å². The standard InChI is InChI=1S/C18H22N6/c1-19-8-7-16(13-4-2-3-5-13)24-11-14(10-23-24)17-15-6-9-20-18(15)22-12-21-17/h6,9-13,16H,1-5,7-8H2,(H,20,21,22)/t16-/m1/s1. The molecule has 1 aliphatic carbocycles. The summed E-state index contributed by atoms with van der Waals surface area (Å²) in [5, 5.41) is 5.70. The Kier molecular flexibility index (Phi) is 4.11. The van der Waals surface area contributed by atoms with E-state index in [1.807, 2.05) is 18.5 Å². The number of aromatic amines is 1. The van der Waals surface area contributed by atoms with E-state index >= 15 is 0 Å². The second kappa shape index (κ2) is 6.55. The maximum atomic E-state index is 4.67. The second-order valence-electron chi connectivity index (χ2n) is 6.52. The molecule has 6 nitrogen and oxygen atoms in total. The number of fused-ring (bicyclic) bond motifs is 1. The molecule has 3 aromatic rings. The van der Waals surface area contributed by atoms with Gasteiger partial charge >= 0.3 is 0 Å². The summed E-state index contributed by atoms with van der Waals surface area (Å²) in [7, 11) is 0. The molecule has 1 fully saturated rings. The molecule has 0 amide bonds. The smallest absolute Gasteiger partial charge is 0.141 e. The molecule has 124 valence electrons. The number of aliphatic imine (C=N–C) groups is 1. The number of hydrogen-bond donors (Lipinski definition) is 1. The average molecular weight is 322 g/mol. The average Bonchev–Trinajstić information content (AvgIpc) is 3.36. The molecule has 0 unspecified atom stereocenters. The minimum Gasteiger partial charge on any atom is -0.346 e. The molecule has 24 heavy (non-hydrogen) atoms. The molecule has 0 spiro atoms. The Hall–Kier alpha value is -2.50. The van der Waals surface area contributed by atoms with Gasteiger partial charge in [0.15, 0.2) is 0 Å². The van der Waals surface area contributed by atoms with E-state index in [0.717, 1.165) is 35.3 Å². The van der Waals surface area contributed by atoms with E-state index in [2.05, 4.69) is 42.6 Å². The fourth-order valence-electron chi connectivity index (χ4n) is 3.89. The van der Waals surface area contributed by atoms with Crippen molar-refractivity contribution in [3.63, 3.8) is 0 Å². The Balaban J connectivity index is 1.67. The Morgan fingerprint density at radius 3 is 3.04 bits per heavy atom. The fourth-order valence-corrected chi connectivity index (χ4v) is 3.89. The van der Waals surface area contributed by atoms with Crippen LogP contribution in [0.15, 0.2) is 36.0 Å². The molecular weight excluding hydrogens is 300 g/mol. The van der Waals surface area contributed by atoms with Crippen LogP contribution in [0.5, 0.6) is 0 Å². The van der Waals surface area contributed by atoms with E-state index < -0.39 is 0 Å². The van der Waals surface area contributed by atoms with Gasteiger partial charge in [-0.2, -0.15) is 5.10 Å². The summed E-state index contributed by atoms with van der Waals surface area (Å²) in [6.45, 7) is 4.42. The monoisotopic (exact) mass is 322 g/mol. The number of H-pyrrole nitrogens is 1. The number of nitrogens with one attached hydrogen (secondary N) is 1. The first-order valence-corrected chi connectivity index (χ1v) is 8.62. The Morgan fingerprint density at radius 2 is 2.21 bits per heavy atom. The molecule has 3 aromatic heterocycles. The first-order valence-electron chi connectivity index (χ1n) is 8.62. The summed E-state index contributed by atoms with van der Waals surface area (Å²) in [6, 6.07) is 2.41. The van der Waals surface area contributed by atoms with Gasteiger partial charge in [-0.25, -0.2) is 9.97 Å². The van der Waals surface area contributed by atoms with Gasteiger partial charge in [0.2, 0.25) is 0 Å². The Labute approximate surface area is 141 Å². The van der Waals surface area contributed by atoms with Crippen molar-refractivity contribution in [1.82, 2.24) is 24.7 Å². The topological polar surface area (TPSA) is 71.8 Å². The fraction of sp³-hybridized carbons (Fsp3) is 0.444. The second-order valence-corrected chi connectivity index (χ2v) is 6.52. The van der Waals surface area contributed by atoms with Gasteiger partial charge in [0.05, 0.1) is 17.9 Å². The molecular formula is C18H22N6. The van der Waals surface area contributed by atoms with Crippen molar-refractivity contribution in [2.45, 2.75) is 38.1 Å².